The van der Waals surface area contributed by atoms with Gasteiger partial charge in [0, 0.05) is 77.3 Å². The predicted octanol–water partition coefficient (Wildman–Crippen LogP) is 9.69. The van der Waals surface area contributed by atoms with E-state index in [9.17, 15) is 0 Å². The van der Waals surface area contributed by atoms with E-state index in [0.717, 1.165) is 109 Å². The first-order valence-corrected chi connectivity index (χ1v) is 20.1. The second-order valence-electron chi connectivity index (χ2n) is 15.0. The minimum absolute atomic E-state index is 0. The first kappa shape index (κ1) is 44.8. The van der Waals surface area contributed by atoms with Crippen LogP contribution in [0.3, 0.4) is 0 Å². The standard InChI is InChI=1S/2C23H26N5.2Pt/c2*1-18(2)21-16-19(25-26-21)10-5-4-8-15-27-17-28(20-11-6-3-7-12-20)23-22(27)13-9-14-24-23;;/h2*3,6-7,9,11,13-14,16-18H,4-5,8,10,15H2,1-2H3;;/q2*-3;;. The third kappa shape index (κ3) is 11.5. The zero-order valence-corrected chi connectivity index (χ0v) is 38.3. The Morgan fingerprint density at radius 1 is 0.569 bits per heavy atom. The Hall–Kier alpha value is -4.26. The van der Waals surface area contributed by atoms with E-state index >= 15 is 0 Å². The van der Waals surface area contributed by atoms with Crippen LogP contribution >= 0.6 is 0 Å². The van der Waals surface area contributed by atoms with E-state index in [0.29, 0.717) is 11.8 Å². The summed E-state index contributed by atoms with van der Waals surface area (Å²) in [4.78, 5) is 18.0. The van der Waals surface area contributed by atoms with E-state index in [4.69, 9.17) is 0 Å². The van der Waals surface area contributed by atoms with Crippen molar-refractivity contribution in [2.24, 2.45) is 0 Å². The number of fused-ring (bicyclic) bond motifs is 2. The van der Waals surface area contributed by atoms with E-state index in [2.05, 4.69) is 140 Å². The van der Waals surface area contributed by atoms with Crippen LogP contribution in [-0.2, 0) is 55.0 Å². The molecule has 0 spiro atoms. The Kier molecular flexibility index (Phi) is 17.2. The van der Waals surface area contributed by atoms with Crippen molar-refractivity contribution in [3.63, 3.8) is 0 Å². The Labute approximate surface area is 373 Å². The van der Waals surface area contributed by atoms with Gasteiger partial charge in [-0.15, -0.1) is 22.8 Å². The number of rotatable bonds is 16. The molecule has 0 aliphatic carbocycles. The van der Waals surface area contributed by atoms with Crippen molar-refractivity contribution in [2.75, 3.05) is 32.7 Å². The number of aromatic nitrogens is 6. The molecule has 0 saturated carbocycles. The maximum Gasteiger partial charge on any atom is 0.124 e. The van der Waals surface area contributed by atoms with Gasteiger partial charge in [-0.3, -0.25) is 0 Å². The average Bonchev–Trinajstić information content (AvgIpc) is 4.05. The molecule has 6 aromatic rings. The van der Waals surface area contributed by atoms with Crippen LogP contribution in [0.1, 0.15) is 101 Å². The number of benzene rings is 2. The van der Waals surface area contributed by atoms with Crippen LogP contribution in [0, 0.1) is 25.5 Å². The molecule has 0 atom stereocenters. The summed E-state index contributed by atoms with van der Waals surface area (Å²) in [6.07, 6.45) is 12.6. The topological polar surface area (TPSA) is 92.7 Å². The third-order valence-electron chi connectivity index (χ3n) is 10.1. The van der Waals surface area contributed by atoms with Gasteiger partial charge in [-0.05, 0) is 87.7 Å². The van der Waals surface area contributed by atoms with Crippen LogP contribution in [-0.4, -0.2) is 33.3 Å². The van der Waals surface area contributed by atoms with Gasteiger partial charge in [-0.1, -0.05) is 52.7 Å². The average molecular weight is 1140 g/mol. The summed E-state index contributed by atoms with van der Waals surface area (Å²) in [5.41, 5.74) is 8.79. The smallest absolute Gasteiger partial charge is 0.124 e. The summed E-state index contributed by atoms with van der Waals surface area (Å²) in [5, 5.41) is 17.1. The number of unbranched alkanes of at least 4 members (excludes halogenated alkanes) is 4. The minimum atomic E-state index is 0. The Balaban J connectivity index is 0.000000214. The molecule has 58 heavy (non-hydrogen) atoms. The van der Waals surface area contributed by atoms with Gasteiger partial charge < -0.3 is 40.0 Å². The zero-order chi connectivity index (χ0) is 38.7. The molecular formula is C46H52N10Pt2-6. The molecular weight excluding hydrogens is 1080 g/mol. The van der Waals surface area contributed by atoms with Gasteiger partial charge in [0.15, 0.2) is 0 Å². The molecule has 0 saturated heterocycles. The van der Waals surface area contributed by atoms with Gasteiger partial charge in [0.2, 0.25) is 0 Å². The van der Waals surface area contributed by atoms with E-state index < -0.39 is 0 Å². The summed E-state index contributed by atoms with van der Waals surface area (Å²) in [5.74, 6) is 2.84. The van der Waals surface area contributed by atoms with Gasteiger partial charge in [0.25, 0.3) is 0 Å². The fourth-order valence-corrected chi connectivity index (χ4v) is 6.92. The fourth-order valence-electron chi connectivity index (χ4n) is 6.92. The SMILES string of the molecule is CC(C)c1cc(CCCCCN2[CH-]N(c3[c-]cccc3)c3ncccc32)n[n-]1.CC(C)c1cc(CCCCCN2[CH-]N(c3[c-]cccc3)c3ncccc32)n[n-]1.[Pt].[Pt]. The van der Waals surface area contributed by atoms with Gasteiger partial charge in [0.05, 0.1) is 0 Å². The summed E-state index contributed by atoms with van der Waals surface area (Å²) >= 11 is 0. The molecule has 0 bridgehead atoms. The molecule has 2 aliphatic rings. The number of hydrogen-bond donors (Lipinski definition) is 0. The molecule has 0 fully saturated rings. The van der Waals surface area contributed by atoms with Crippen LogP contribution in [0.2, 0.25) is 0 Å². The Morgan fingerprint density at radius 2 is 1.02 bits per heavy atom. The molecule has 0 unspecified atom stereocenters. The van der Waals surface area contributed by atoms with Crippen LogP contribution < -0.4 is 29.8 Å². The number of nitrogens with zero attached hydrogens (tertiary/aromatic N) is 10. The largest absolute Gasteiger partial charge is 0.578 e. The molecule has 312 valence electrons. The summed E-state index contributed by atoms with van der Waals surface area (Å²) in [6, 6.07) is 35.2. The molecule has 10 nitrogen and oxygen atoms in total. The molecule has 6 heterocycles. The second kappa shape index (κ2) is 22.2. The predicted molar refractivity (Wildman–Crippen MR) is 225 cm³/mol. The molecule has 2 aliphatic heterocycles. The Morgan fingerprint density at radius 3 is 1.40 bits per heavy atom. The van der Waals surface area contributed by atoms with Crippen molar-refractivity contribution in [1.82, 2.24) is 30.4 Å². The van der Waals surface area contributed by atoms with Gasteiger partial charge in [0.1, 0.15) is 11.6 Å². The second-order valence-corrected chi connectivity index (χ2v) is 15.0. The van der Waals surface area contributed by atoms with Gasteiger partial charge in [-0.2, -0.15) is 74.0 Å². The molecule has 8 rings (SSSR count). The normalized spacial score (nSPS) is 12.9. The molecule has 0 N–H and O–H groups in total. The molecule has 2 aromatic carbocycles. The number of para-hydroxylation sites is 2. The maximum absolute atomic E-state index is 4.59. The van der Waals surface area contributed by atoms with Crippen LogP contribution in [0.4, 0.5) is 34.4 Å². The van der Waals surface area contributed by atoms with Gasteiger partial charge in [-0.25, -0.2) is 9.97 Å². The zero-order valence-electron chi connectivity index (χ0n) is 33.7. The first-order valence-electron chi connectivity index (χ1n) is 20.1. The molecule has 0 radical (unpaired) electrons. The van der Waals surface area contributed by atoms with Crippen molar-refractivity contribution in [1.29, 1.82) is 0 Å². The van der Waals surface area contributed by atoms with Crippen LogP contribution in [0.5, 0.6) is 0 Å². The van der Waals surface area contributed by atoms with Crippen molar-refractivity contribution >= 4 is 34.4 Å². The van der Waals surface area contributed by atoms with Gasteiger partial charge >= 0.3 is 0 Å². The fraction of sp³-hybridized carbons (Fsp3) is 0.348. The summed E-state index contributed by atoms with van der Waals surface area (Å²) in [7, 11) is 0. The Bertz CT molecular complexity index is 1940. The molecule has 0 amide bonds. The first-order chi connectivity index (χ1) is 27.4. The van der Waals surface area contributed by atoms with Crippen molar-refractivity contribution in [3.05, 3.63) is 146 Å². The number of aryl methyl sites for hydroxylation is 2. The molecule has 12 heteroatoms. The quantitative estimate of drug-likeness (QED) is 0.0690. The monoisotopic (exact) mass is 1130 g/mol. The van der Waals surface area contributed by atoms with Crippen molar-refractivity contribution in [2.45, 2.75) is 90.9 Å². The van der Waals surface area contributed by atoms with E-state index in [-0.39, 0.29) is 42.1 Å². The number of pyridine rings is 2. The van der Waals surface area contributed by atoms with E-state index in [1.54, 1.807) is 0 Å². The van der Waals surface area contributed by atoms with Crippen LogP contribution in [0.15, 0.2) is 97.3 Å². The minimum Gasteiger partial charge on any atom is -0.578 e. The summed E-state index contributed by atoms with van der Waals surface area (Å²) < 4.78 is 0. The number of anilines is 6. The van der Waals surface area contributed by atoms with E-state index in [1.807, 2.05) is 60.9 Å². The van der Waals surface area contributed by atoms with Crippen molar-refractivity contribution < 1.29 is 42.1 Å². The number of hydrogen-bond acceptors (Lipinski definition) is 8. The van der Waals surface area contributed by atoms with E-state index in [1.165, 1.54) is 12.8 Å². The molecule has 4 aromatic heterocycles. The maximum atomic E-state index is 4.59. The summed E-state index contributed by atoms with van der Waals surface area (Å²) in [6.45, 7) is 14.9. The van der Waals surface area contributed by atoms with Crippen LogP contribution in [0.25, 0.3) is 0 Å². The van der Waals surface area contributed by atoms with Crippen molar-refractivity contribution in [3.8, 4) is 0 Å². The third-order valence-corrected chi connectivity index (χ3v) is 10.1.